The summed E-state index contributed by atoms with van der Waals surface area (Å²) < 4.78 is 0. The molecule has 1 atom stereocenters. The van der Waals surface area contributed by atoms with Crippen LogP contribution in [0.15, 0.2) is 11.1 Å². The lowest BCUT2D eigenvalue weighted by Gasteiger charge is -2.28. The van der Waals surface area contributed by atoms with Gasteiger partial charge in [0, 0.05) is 12.6 Å². The van der Waals surface area contributed by atoms with Crippen LogP contribution in [0, 0.1) is 5.92 Å². The van der Waals surface area contributed by atoms with Crippen LogP contribution >= 0.6 is 0 Å². The second kappa shape index (κ2) is 4.48. The van der Waals surface area contributed by atoms with Crippen molar-refractivity contribution in [1.82, 2.24) is 5.32 Å². The fourth-order valence-electron chi connectivity index (χ4n) is 2.64. The Labute approximate surface area is 88.0 Å². The number of nitrogens with one attached hydrogen (secondary N) is 1. The molecule has 1 aliphatic carbocycles. The van der Waals surface area contributed by atoms with Crippen LogP contribution in [0.4, 0.5) is 0 Å². The Kier molecular flexibility index (Phi) is 3.27. The van der Waals surface area contributed by atoms with Crippen molar-refractivity contribution in [2.45, 2.75) is 58.4 Å². The van der Waals surface area contributed by atoms with E-state index < -0.39 is 0 Å². The maximum atomic E-state index is 3.58. The van der Waals surface area contributed by atoms with Crippen LogP contribution in [0.25, 0.3) is 0 Å². The van der Waals surface area contributed by atoms with Crippen molar-refractivity contribution in [2.24, 2.45) is 5.92 Å². The van der Waals surface area contributed by atoms with Crippen LogP contribution in [-0.2, 0) is 0 Å². The molecule has 0 amide bonds. The van der Waals surface area contributed by atoms with E-state index in [2.05, 4.69) is 19.2 Å². The number of rotatable bonds is 0. The SMILES string of the molecule is CC1CCC(=C2CCC(C)NC2)CC1. The minimum absolute atomic E-state index is 0.738. The molecule has 0 bridgehead atoms. The molecule has 1 saturated heterocycles. The molecule has 1 heteroatoms. The van der Waals surface area contributed by atoms with Gasteiger partial charge in [0.15, 0.2) is 0 Å². The lowest BCUT2D eigenvalue weighted by atomic mass is 9.83. The van der Waals surface area contributed by atoms with E-state index in [1.807, 2.05) is 0 Å². The molecule has 1 aliphatic heterocycles. The molecule has 80 valence electrons. The maximum absolute atomic E-state index is 3.58. The van der Waals surface area contributed by atoms with Crippen LogP contribution in [0.2, 0.25) is 0 Å². The van der Waals surface area contributed by atoms with E-state index >= 15 is 0 Å². The second-order valence-electron chi connectivity index (χ2n) is 5.21. The first-order valence-electron chi connectivity index (χ1n) is 6.19. The van der Waals surface area contributed by atoms with Gasteiger partial charge >= 0.3 is 0 Å². The zero-order chi connectivity index (χ0) is 9.97. The summed E-state index contributed by atoms with van der Waals surface area (Å²) in [5.74, 6) is 0.967. The molecule has 2 rings (SSSR count). The summed E-state index contributed by atoms with van der Waals surface area (Å²) in [5.41, 5.74) is 3.54. The molecule has 14 heavy (non-hydrogen) atoms. The van der Waals surface area contributed by atoms with Gasteiger partial charge in [-0.15, -0.1) is 0 Å². The number of piperidine rings is 1. The highest BCUT2D eigenvalue weighted by Gasteiger charge is 2.18. The van der Waals surface area contributed by atoms with E-state index in [0.717, 1.165) is 12.0 Å². The standard InChI is InChI=1S/C13H23N/c1-10-3-6-12(7-4-10)13-8-5-11(2)14-9-13/h10-11,14H,3-9H2,1-2H3. The van der Waals surface area contributed by atoms with Crippen molar-refractivity contribution in [3.63, 3.8) is 0 Å². The third-order valence-corrected chi connectivity index (χ3v) is 3.92. The summed E-state index contributed by atoms with van der Waals surface area (Å²) in [5, 5.41) is 3.58. The van der Waals surface area contributed by atoms with Gasteiger partial charge in [0.25, 0.3) is 0 Å². The van der Waals surface area contributed by atoms with Gasteiger partial charge in [-0.1, -0.05) is 18.1 Å². The Bertz CT molecular complexity index is 185. The highest BCUT2D eigenvalue weighted by Crippen LogP contribution is 2.32. The van der Waals surface area contributed by atoms with Gasteiger partial charge in [0.1, 0.15) is 0 Å². The van der Waals surface area contributed by atoms with Gasteiger partial charge in [-0.3, -0.25) is 0 Å². The Morgan fingerprint density at radius 3 is 2.14 bits per heavy atom. The summed E-state index contributed by atoms with van der Waals surface area (Å²) in [7, 11) is 0. The summed E-state index contributed by atoms with van der Waals surface area (Å²) >= 11 is 0. The normalized spacial score (nSPS) is 34.7. The third kappa shape index (κ3) is 2.38. The molecule has 0 radical (unpaired) electrons. The smallest absolute Gasteiger partial charge is 0.0169 e. The predicted molar refractivity (Wildman–Crippen MR) is 61.4 cm³/mol. The van der Waals surface area contributed by atoms with E-state index in [-0.39, 0.29) is 0 Å². The molecule has 1 heterocycles. The highest BCUT2D eigenvalue weighted by molar-refractivity contribution is 5.19. The van der Waals surface area contributed by atoms with Gasteiger partial charge in [-0.25, -0.2) is 0 Å². The number of allylic oxidation sites excluding steroid dienone is 1. The fourth-order valence-corrected chi connectivity index (χ4v) is 2.64. The number of hydrogen-bond donors (Lipinski definition) is 1. The van der Waals surface area contributed by atoms with Gasteiger partial charge in [0.2, 0.25) is 0 Å². The van der Waals surface area contributed by atoms with E-state index in [0.29, 0.717) is 0 Å². The minimum Gasteiger partial charge on any atom is -0.311 e. The summed E-state index contributed by atoms with van der Waals surface area (Å²) in [6.45, 7) is 5.86. The van der Waals surface area contributed by atoms with Gasteiger partial charge < -0.3 is 5.32 Å². The van der Waals surface area contributed by atoms with E-state index in [4.69, 9.17) is 0 Å². The molecule has 1 saturated carbocycles. The molecule has 0 aromatic carbocycles. The van der Waals surface area contributed by atoms with E-state index in [9.17, 15) is 0 Å². The van der Waals surface area contributed by atoms with Crippen LogP contribution in [-0.4, -0.2) is 12.6 Å². The summed E-state index contributed by atoms with van der Waals surface area (Å²) in [4.78, 5) is 0. The number of hydrogen-bond acceptors (Lipinski definition) is 1. The average Bonchev–Trinajstić information content (AvgIpc) is 2.21. The Hall–Kier alpha value is -0.300. The Balaban J connectivity index is 1.95. The van der Waals surface area contributed by atoms with Crippen molar-refractivity contribution in [1.29, 1.82) is 0 Å². The molecule has 1 unspecified atom stereocenters. The molecule has 1 nitrogen and oxygen atoms in total. The zero-order valence-electron chi connectivity index (χ0n) is 9.60. The Morgan fingerprint density at radius 1 is 0.929 bits per heavy atom. The first kappa shape index (κ1) is 10.2. The van der Waals surface area contributed by atoms with Crippen molar-refractivity contribution in [2.75, 3.05) is 6.54 Å². The maximum Gasteiger partial charge on any atom is 0.0169 e. The largest absolute Gasteiger partial charge is 0.311 e. The van der Waals surface area contributed by atoms with E-state index in [1.54, 1.807) is 11.1 Å². The molecule has 0 spiro atoms. The molecular weight excluding hydrogens is 170 g/mol. The minimum atomic E-state index is 0.738. The van der Waals surface area contributed by atoms with E-state index in [1.165, 1.54) is 45.1 Å². The highest BCUT2D eigenvalue weighted by atomic mass is 14.9. The average molecular weight is 193 g/mol. The topological polar surface area (TPSA) is 12.0 Å². The summed E-state index contributed by atoms with van der Waals surface area (Å²) in [6.07, 6.45) is 8.31. The molecule has 1 N–H and O–H groups in total. The molecular formula is C13H23N. The lowest BCUT2D eigenvalue weighted by molar-refractivity contribution is 0.427. The van der Waals surface area contributed by atoms with Crippen molar-refractivity contribution >= 4 is 0 Å². The van der Waals surface area contributed by atoms with Crippen LogP contribution < -0.4 is 5.32 Å². The van der Waals surface area contributed by atoms with Gasteiger partial charge in [-0.2, -0.15) is 0 Å². The van der Waals surface area contributed by atoms with Gasteiger partial charge in [0.05, 0.1) is 0 Å². The predicted octanol–water partition coefficient (Wildman–Crippen LogP) is 3.27. The molecule has 2 fully saturated rings. The van der Waals surface area contributed by atoms with Crippen LogP contribution in [0.1, 0.15) is 52.4 Å². The second-order valence-corrected chi connectivity index (χ2v) is 5.21. The zero-order valence-corrected chi connectivity index (χ0v) is 9.60. The van der Waals surface area contributed by atoms with Crippen molar-refractivity contribution < 1.29 is 0 Å². The quantitative estimate of drug-likeness (QED) is 0.582. The fraction of sp³-hybridized carbons (Fsp3) is 0.846. The molecule has 0 aromatic heterocycles. The van der Waals surface area contributed by atoms with Gasteiger partial charge in [-0.05, 0) is 51.4 Å². The molecule has 0 aromatic rings. The summed E-state index contributed by atoms with van der Waals surface area (Å²) in [6, 6.07) is 0.738. The Morgan fingerprint density at radius 2 is 1.57 bits per heavy atom. The third-order valence-electron chi connectivity index (χ3n) is 3.92. The molecule has 2 aliphatic rings. The van der Waals surface area contributed by atoms with Crippen LogP contribution in [0.5, 0.6) is 0 Å². The lowest BCUT2D eigenvalue weighted by Crippen LogP contribution is -2.33. The van der Waals surface area contributed by atoms with Crippen LogP contribution in [0.3, 0.4) is 0 Å². The first-order valence-corrected chi connectivity index (χ1v) is 6.19. The monoisotopic (exact) mass is 193 g/mol. The van der Waals surface area contributed by atoms with Crippen molar-refractivity contribution in [3.8, 4) is 0 Å². The first-order chi connectivity index (χ1) is 6.75. The van der Waals surface area contributed by atoms with Crippen molar-refractivity contribution in [3.05, 3.63) is 11.1 Å².